The summed E-state index contributed by atoms with van der Waals surface area (Å²) in [7, 11) is 1.61. The average molecular weight is 348 g/mol. The van der Waals surface area contributed by atoms with Crippen molar-refractivity contribution in [3.05, 3.63) is 75.6 Å². The molecule has 5 heteroatoms. The first-order valence-electron chi connectivity index (χ1n) is 8.66. The van der Waals surface area contributed by atoms with E-state index in [2.05, 4.69) is 12.2 Å². The van der Waals surface area contributed by atoms with Crippen LogP contribution in [0.25, 0.3) is 10.9 Å². The molecule has 1 amide bonds. The molecule has 0 saturated carbocycles. The maximum atomic E-state index is 12.8. The minimum atomic E-state index is -0.346. The minimum Gasteiger partial charge on any atom is -0.497 e. The number of benzene rings is 2. The number of rotatable bonds is 4. The predicted molar refractivity (Wildman–Crippen MR) is 101 cm³/mol. The van der Waals surface area contributed by atoms with Crippen molar-refractivity contribution >= 4 is 16.8 Å². The fourth-order valence-corrected chi connectivity index (χ4v) is 3.60. The fourth-order valence-electron chi connectivity index (χ4n) is 3.60. The Balaban J connectivity index is 1.63. The van der Waals surface area contributed by atoms with E-state index in [1.807, 2.05) is 41.0 Å². The third-order valence-electron chi connectivity index (χ3n) is 4.98. The number of hydrogen-bond acceptors (Lipinski definition) is 3. The highest BCUT2D eigenvalue weighted by molar-refractivity contribution is 5.98. The molecule has 1 aliphatic heterocycles. The molecule has 0 aliphatic carbocycles. The van der Waals surface area contributed by atoms with Gasteiger partial charge in [-0.3, -0.25) is 9.59 Å². The molecule has 0 saturated heterocycles. The van der Waals surface area contributed by atoms with Crippen LogP contribution in [0.3, 0.4) is 0 Å². The molecule has 1 aliphatic rings. The Labute approximate surface area is 151 Å². The van der Waals surface area contributed by atoms with Crippen molar-refractivity contribution < 1.29 is 9.53 Å². The molecule has 2 heterocycles. The summed E-state index contributed by atoms with van der Waals surface area (Å²) >= 11 is 0. The maximum absolute atomic E-state index is 12.8. The summed E-state index contributed by atoms with van der Waals surface area (Å²) in [6, 6.07) is 13.4. The molecule has 0 unspecified atom stereocenters. The van der Waals surface area contributed by atoms with Crippen LogP contribution in [0.4, 0.5) is 0 Å². The van der Waals surface area contributed by atoms with Crippen molar-refractivity contribution in [3.8, 4) is 5.75 Å². The number of methoxy groups -OCH3 is 1. The summed E-state index contributed by atoms with van der Waals surface area (Å²) in [5.41, 5.74) is 3.05. The van der Waals surface area contributed by atoms with Gasteiger partial charge in [0.25, 0.3) is 5.91 Å². The molecule has 5 nitrogen and oxygen atoms in total. The largest absolute Gasteiger partial charge is 0.497 e. The van der Waals surface area contributed by atoms with Crippen molar-refractivity contribution in [2.24, 2.45) is 0 Å². The van der Waals surface area contributed by atoms with Crippen LogP contribution in [0.2, 0.25) is 0 Å². The summed E-state index contributed by atoms with van der Waals surface area (Å²) in [5, 5.41) is 3.46. The van der Waals surface area contributed by atoms with E-state index in [1.54, 1.807) is 19.4 Å². The molecular weight excluding hydrogens is 328 g/mol. The van der Waals surface area contributed by atoms with Gasteiger partial charge in [0.05, 0.1) is 12.6 Å². The highest BCUT2D eigenvalue weighted by Crippen LogP contribution is 2.30. The van der Waals surface area contributed by atoms with Crippen LogP contribution in [0.5, 0.6) is 5.75 Å². The van der Waals surface area contributed by atoms with E-state index in [0.717, 1.165) is 28.8 Å². The van der Waals surface area contributed by atoms with Crippen LogP contribution in [0.15, 0.2) is 53.5 Å². The van der Waals surface area contributed by atoms with E-state index in [0.29, 0.717) is 11.9 Å². The molecule has 1 N–H and O–H groups in total. The van der Waals surface area contributed by atoms with Crippen LogP contribution in [-0.2, 0) is 13.0 Å². The van der Waals surface area contributed by atoms with Crippen molar-refractivity contribution in [2.75, 3.05) is 7.11 Å². The zero-order valence-electron chi connectivity index (χ0n) is 14.8. The first-order valence-corrected chi connectivity index (χ1v) is 8.66. The molecule has 1 atom stereocenters. The second-order valence-electron chi connectivity index (χ2n) is 6.68. The summed E-state index contributed by atoms with van der Waals surface area (Å²) in [4.78, 5) is 25.5. The van der Waals surface area contributed by atoms with Crippen LogP contribution in [-0.4, -0.2) is 17.6 Å². The highest BCUT2D eigenvalue weighted by atomic mass is 16.5. The van der Waals surface area contributed by atoms with Crippen molar-refractivity contribution in [1.82, 2.24) is 9.88 Å². The van der Waals surface area contributed by atoms with Gasteiger partial charge in [-0.2, -0.15) is 0 Å². The van der Waals surface area contributed by atoms with Gasteiger partial charge in [0, 0.05) is 24.2 Å². The Bertz CT molecular complexity index is 1050. The molecule has 26 heavy (non-hydrogen) atoms. The standard InChI is InChI=1S/C21H20N2O3/c1-13-10-15-4-3-5-17-19(15)23(13)12-18(20(17)24)21(25)22-11-14-6-8-16(26-2)9-7-14/h3-9,12-13H,10-11H2,1-2H3,(H,22,25)/t13-/m1/s1. The molecule has 0 bridgehead atoms. The van der Waals surface area contributed by atoms with Gasteiger partial charge in [0.15, 0.2) is 0 Å². The predicted octanol–water partition coefficient (Wildman–Crippen LogP) is 3.06. The fraction of sp³-hybridized carbons (Fsp3) is 0.238. The molecule has 0 radical (unpaired) electrons. The lowest BCUT2D eigenvalue weighted by molar-refractivity contribution is 0.0949. The van der Waals surface area contributed by atoms with E-state index in [4.69, 9.17) is 4.74 Å². The molecule has 1 aromatic heterocycles. The van der Waals surface area contributed by atoms with E-state index in [9.17, 15) is 9.59 Å². The number of pyridine rings is 1. The molecule has 0 spiro atoms. The van der Waals surface area contributed by atoms with Gasteiger partial charge in [0.2, 0.25) is 5.43 Å². The van der Waals surface area contributed by atoms with Gasteiger partial charge in [-0.25, -0.2) is 0 Å². The number of ether oxygens (including phenoxy) is 1. The Morgan fingerprint density at radius 1 is 1.23 bits per heavy atom. The third kappa shape index (κ3) is 2.65. The summed E-state index contributed by atoms with van der Waals surface area (Å²) < 4.78 is 7.18. The summed E-state index contributed by atoms with van der Waals surface area (Å²) in [6.07, 6.45) is 2.59. The highest BCUT2D eigenvalue weighted by Gasteiger charge is 2.24. The second-order valence-corrected chi connectivity index (χ2v) is 6.68. The van der Waals surface area contributed by atoms with Gasteiger partial charge in [-0.05, 0) is 42.7 Å². The van der Waals surface area contributed by atoms with Gasteiger partial charge in [0.1, 0.15) is 11.3 Å². The van der Waals surface area contributed by atoms with Crippen molar-refractivity contribution in [3.63, 3.8) is 0 Å². The van der Waals surface area contributed by atoms with Crippen LogP contribution >= 0.6 is 0 Å². The number of aromatic nitrogens is 1. The number of carbonyl (C=O) groups excluding carboxylic acids is 1. The number of para-hydroxylation sites is 1. The molecule has 2 aromatic carbocycles. The number of nitrogens with zero attached hydrogens (tertiary/aromatic N) is 1. The Hall–Kier alpha value is -3.08. The van der Waals surface area contributed by atoms with Crippen molar-refractivity contribution in [1.29, 1.82) is 0 Å². The summed E-state index contributed by atoms with van der Waals surface area (Å²) in [5.74, 6) is 0.418. The van der Waals surface area contributed by atoms with Gasteiger partial charge >= 0.3 is 0 Å². The van der Waals surface area contributed by atoms with E-state index < -0.39 is 0 Å². The van der Waals surface area contributed by atoms with E-state index >= 15 is 0 Å². The molecular formula is C21H20N2O3. The topological polar surface area (TPSA) is 60.3 Å². The van der Waals surface area contributed by atoms with Crippen LogP contribution < -0.4 is 15.5 Å². The molecule has 3 aromatic rings. The lowest BCUT2D eigenvalue weighted by atomic mass is 10.1. The normalized spacial score (nSPS) is 15.2. The zero-order valence-corrected chi connectivity index (χ0v) is 14.8. The smallest absolute Gasteiger partial charge is 0.257 e. The quantitative estimate of drug-likeness (QED) is 0.788. The number of nitrogens with one attached hydrogen (secondary N) is 1. The van der Waals surface area contributed by atoms with Gasteiger partial charge in [-0.1, -0.05) is 24.3 Å². The zero-order chi connectivity index (χ0) is 18.3. The maximum Gasteiger partial charge on any atom is 0.257 e. The Morgan fingerprint density at radius 2 is 2.00 bits per heavy atom. The molecule has 132 valence electrons. The lowest BCUT2D eigenvalue weighted by Crippen LogP contribution is -2.29. The summed E-state index contributed by atoms with van der Waals surface area (Å²) in [6.45, 7) is 2.46. The third-order valence-corrected chi connectivity index (χ3v) is 4.98. The first kappa shape index (κ1) is 16.4. The minimum absolute atomic E-state index is 0.192. The van der Waals surface area contributed by atoms with E-state index in [-0.39, 0.29) is 22.9 Å². The van der Waals surface area contributed by atoms with Gasteiger partial charge in [-0.15, -0.1) is 0 Å². The molecule has 4 rings (SSSR count). The second kappa shape index (κ2) is 6.33. The number of amides is 1. The monoisotopic (exact) mass is 348 g/mol. The van der Waals surface area contributed by atoms with Gasteiger partial charge < -0.3 is 14.6 Å². The van der Waals surface area contributed by atoms with Crippen LogP contribution in [0.1, 0.15) is 34.5 Å². The lowest BCUT2D eigenvalue weighted by Gasteiger charge is -2.13. The SMILES string of the molecule is COc1ccc(CNC(=O)c2cn3c4c(cccc4c2=O)C[C@H]3C)cc1. The number of hydrogen-bond donors (Lipinski definition) is 1. The van der Waals surface area contributed by atoms with Crippen molar-refractivity contribution in [2.45, 2.75) is 25.9 Å². The average Bonchev–Trinajstić information content (AvgIpc) is 2.99. The Kier molecular flexibility index (Phi) is 3.99. The van der Waals surface area contributed by atoms with Crippen LogP contribution in [0, 0.1) is 0 Å². The van der Waals surface area contributed by atoms with E-state index in [1.165, 1.54) is 0 Å². The Morgan fingerprint density at radius 3 is 2.73 bits per heavy atom. The number of carbonyl (C=O) groups is 1. The molecule has 0 fully saturated rings. The first-order chi connectivity index (χ1) is 12.6.